The van der Waals surface area contributed by atoms with Gasteiger partial charge >= 0.3 is 0 Å². The molecule has 0 spiro atoms. The number of hydrogen-bond donors (Lipinski definition) is 0. The molecule has 3 aromatic heterocycles. The highest BCUT2D eigenvalue weighted by Crippen LogP contribution is 2.38. The summed E-state index contributed by atoms with van der Waals surface area (Å²) in [5, 5.41) is 10.1. The van der Waals surface area contributed by atoms with Crippen molar-refractivity contribution in [2.45, 2.75) is 11.8 Å². The molecule has 168 valence electrons. The molecule has 1 fully saturated rings. The van der Waals surface area contributed by atoms with Crippen LogP contribution in [0.3, 0.4) is 0 Å². The Balaban J connectivity index is 1.80. The molecule has 9 heteroatoms. The molecule has 1 aromatic carbocycles. The highest BCUT2D eigenvalue weighted by molar-refractivity contribution is 7.90. The molecule has 5 rings (SSSR count). The van der Waals surface area contributed by atoms with Gasteiger partial charge in [-0.25, -0.2) is 17.4 Å². The van der Waals surface area contributed by atoms with Crippen molar-refractivity contribution in [3.05, 3.63) is 66.2 Å². The molecule has 0 unspecified atom stereocenters. The summed E-state index contributed by atoms with van der Waals surface area (Å²) in [5.74, 6) is 0. The Bertz CT molecular complexity index is 1590. The standard InChI is InChI=1S/C24H23N5O3S/c1-17-3-5-20(6-4-17)33(30,31)29-16-21(18-13-19(14-25)27(2)15-18)23-22(7-8-26-24(23)29)28-9-11-32-12-10-28/h3-8,13,15-16H,9-12H2,1-2H3/i2T3. The zero-order valence-corrected chi connectivity index (χ0v) is 18.7. The highest BCUT2D eigenvalue weighted by Gasteiger charge is 2.26. The number of rotatable bonds is 4. The van der Waals surface area contributed by atoms with Crippen molar-refractivity contribution < 1.29 is 17.3 Å². The molecule has 0 atom stereocenters. The molecule has 0 N–H and O–H groups in total. The summed E-state index contributed by atoms with van der Waals surface area (Å²) in [5.41, 5.74) is 2.73. The van der Waals surface area contributed by atoms with E-state index in [0.29, 0.717) is 42.8 Å². The van der Waals surface area contributed by atoms with Crippen LogP contribution >= 0.6 is 0 Å². The fourth-order valence-corrected chi connectivity index (χ4v) is 5.42. The summed E-state index contributed by atoms with van der Waals surface area (Å²) in [6.45, 7) is 1.56. The van der Waals surface area contributed by atoms with Gasteiger partial charge in [0.1, 0.15) is 11.8 Å². The van der Waals surface area contributed by atoms with Crippen molar-refractivity contribution in [3.8, 4) is 17.2 Å². The van der Waals surface area contributed by atoms with Crippen LogP contribution in [0, 0.1) is 18.3 Å². The number of pyridine rings is 1. The molecule has 1 aliphatic heterocycles. The number of aryl methyl sites for hydroxylation is 2. The minimum Gasteiger partial charge on any atom is -0.378 e. The third-order valence-corrected chi connectivity index (χ3v) is 7.47. The first kappa shape index (κ1) is 17.9. The number of hydrogen-bond acceptors (Lipinski definition) is 6. The normalized spacial score (nSPS) is 16.2. The van der Waals surface area contributed by atoms with Gasteiger partial charge in [0.2, 0.25) is 0 Å². The van der Waals surface area contributed by atoms with Gasteiger partial charge in [0.15, 0.2) is 5.65 Å². The van der Waals surface area contributed by atoms with Gasteiger partial charge in [-0.3, -0.25) is 0 Å². The smallest absolute Gasteiger partial charge is 0.269 e. The SMILES string of the molecule is [3H]C([3H])([3H])n1cc(-c2cn(S(=O)(=O)c3ccc(C)cc3)c3nccc(N4CCOCC4)c23)cc1C#N. The van der Waals surface area contributed by atoms with Crippen LogP contribution in [0.5, 0.6) is 0 Å². The first-order chi connectivity index (χ1) is 17.1. The first-order valence-corrected chi connectivity index (χ1v) is 11.8. The lowest BCUT2D eigenvalue weighted by Crippen LogP contribution is -2.36. The predicted octanol–water partition coefficient (Wildman–Crippen LogP) is 3.30. The molecular formula is C24H23N5O3S. The maximum absolute atomic E-state index is 13.7. The van der Waals surface area contributed by atoms with Gasteiger partial charge in [0.25, 0.3) is 10.0 Å². The largest absolute Gasteiger partial charge is 0.378 e. The van der Waals surface area contributed by atoms with E-state index in [9.17, 15) is 13.7 Å². The summed E-state index contributed by atoms with van der Waals surface area (Å²) >= 11 is 0. The second kappa shape index (κ2) is 8.06. The van der Waals surface area contributed by atoms with E-state index in [2.05, 4.69) is 9.88 Å². The lowest BCUT2D eigenvalue weighted by Gasteiger charge is -2.29. The average molecular weight is 468 g/mol. The van der Waals surface area contributed by atoms with Crippen LogP contribution in [-0.4, -0.2) is 48.2 Å². The molecule has 1 aliphatic rings. The Hall–Kier alpha value is -3.61. The number of ether oxygens (including phenoxy) is 1. The number of nitrogens with zero attached hydrogens (tertiary/aromatic N) is 5. The van der Waals surface area contributed by atoms with Crippen LogP contribution in [0.15, 0.2) is 59.9 Å². The Kier molecular flexibility index (Phi) is 4.37. The zero-order chi connectivity index (χ0) is 25.7. The molecule has 0 radical (unpaired) electrons. The maximum atomic E-state index is 13.7. The molecule has 4 aromatic rings. The lowest BCUT2D eigenvalue weighted by molar-refractivity contribution is 0.123. The Morgan fingerprint density at radius 1 is 1.15 bits per heavy atom. The van der Waals surface area contributed by atoms with Crippen LogP contribution < -0.4 is 4.90 Å². The summed E-state index contributed by atoms with van der Waals surface area (Å²) in [6.07, 6.45) is 4.38. The maximum Gasteiger partial charge on any atom is 0.269 e. The van der Waals surface area contributed by atoms with Gasteiger partial charge in [0.05, 0.1) is 29.2 Å². The molecule has 0 aliphatic carbocycles. The second-order valence-corrected chi connectivity index (χ2v) is 9.70. The fourth-order valence-electron chi connectivity index (χ4n) is 4.10. The molecule has 0 amide bonds. The first-order valence-electron chi connectivity index (χ1n) is 11.9. The Labute approximate surface area is 196 Å². The molecule has 8 nitrogen and oxygen atoms in total. The number of morpholine rings is 1. The van der Waals surface area contributed by atoms with Crippen molar-refractivity contribution in [2.24, 2.45) is 6.98 Å². The quantitative estimate of drug-likeness (QED) is 0.457. The molecule has 0 bridgehead atoms. The highest BCUT2D eigenvalue weighted by atomic mass is 32.2. The van der Waals surface area contributed by atoms with E-state index in [1.807, 2.05) is 19.1 Å². The number of nitriles is 1. The third-order valence-electron chi connectivity index (χ3n) is 5.81. The van der Waals surface area contributed by atoms with E-state index in [1.54, 1.807) is 30.5 Å². The van der Waals surface area contributed by atoms with Gasteiger partial charge in [-0.15, -0.1) is 0 Å². The summed E-state index contributed by atoms with van der Waals surface area (Å²) in [7, 11) is -4.03. The molecule has 0 saturated carbocycles. The number of anilines is 1. The Morgan fingerprint density at radius 2 is 1.91 bits per heavy atom. The van der Waals surface area contributed by atoms with Crippen LogP contribution in [0.2, 0.25) is 0 Å². The van der Waals surface area contributed by atoms with Gasteiger partial charge in [-0.2, -0.15) is 5.26 Å². The summed E-state index contributed by atoms with van der Waals surface area (Å²) < 4.78 is 58.4. The minimum absolute atomic E-state index is 0.0518. The van der Waals surface area contributed by atoms with Crippen molar-refractivity contribution in [1.29, 1.82) is 5.26 Å². The fraction of sp³-hybridized carbons (Fsp3) is 0.250. The van der Waals surface area contributed by atoms with Gasteiger partial charge in [-0.1, -0.05) is 17.7 Å². The van der Waals surface area contributed by atoms with Crippen LogP contribution in [-0.2, 0) is 21.7 Å². The number of benzene rings is 1. The van der Waals surface area contributed by atoms with E-state index in [-0.39, 0.29) is 16.2 Å². The number of aromatic nitrogens is 3. The summed E-state index contributed by atoms with van der Waals surface area (Å²) in [4.78, 5) is 6.63. The molecule has 1 saturated heterocycles. The van der Waals surface area contributed by atoms with Crippen LogP contribution in [0.4, 0.5) is 5.69 Å². The lowest BCUT2D eigenvalue weighted by atomic mass is 10.1. The van der Waals surface area contributed by atoms with Crippen molar-refractivity contribution in [3.63, 3.8) is 0 Å². The van der Waals surface area contributed by atoms with E-state index in [4.69, 9.17) is 8.85 Å². The van der Waals surface area contributed by atoms with Crippen molar-refractivity contribution in [1.82, 2.24) is 13.5 Å². The molecule has 4 heterocycles. The average Bonchev–Trinajstić information content (AvgIpc) is 3.47. The van der Waals surface area contributed by atoms with E-state index >= 15 is 0 Å². The van der Waals surface area contributed by atoms with Crippen molar-refractivity contribution in [2.75, 3.05) is 31.2 Å². The van der Waals surface area contributed by atoms with Gasteiger partial charge < -0.3 is 14.2 Å². The van der Waals surface area contributed by atoms with E-state index < -0.39 is 17.0 Å². The second-order valence-electron chi connectivity index (χ2n) is 7.88. The summed E-state index contributed by atoms with van der Waals surface area (Å²) in [6, 6.07) is 11.7. The minimum atomic E-state index is -4.03. The molecular weight excluding hydrogens is 438 g/mol. The van der Waals surface area contributed by atoms with Crippen LogP contribution in [0.25, 0.3) is 22.2 Å². The van der Waals surface area contributed by atoms with Crippen molar-refractivity contribution >= 4 is 26.7 Å². The zero-order valence-electron chi connectivity index (χ0n) is 20.9. The monoisotopic (exact) mass is 467 g/mol. The molecule has 33 heavy (non-hydrogen) atoms. The van der Waals surface area contributed by atoms with E-state index in [1.165, 1.54) is 18.5 Å². The van der Waals surface area contributed by atoms with Gasteiger partial charge in [-0.05, 0) is 31.2 Å². The number of fused-ring (bicyclic) bond motifs is 1. The predicted molar refractivity (Wildman–Crippen MR) is 126 cm³/mol. The van der Waals surface area contributed by atoms with E-state index in [0.717, 1.165) is 19.8 Å². The third kappa shape index (κ3) is 3.57. The van der Waals surface area contributed by atoms with Crippen LogP contribution in [0.1, 0.15) is 15.4 Å². The Morgan fingerprint density at radius 3 is 2.58 bits per heavy atom. The van der Waals surface area contributed by atoms with Gasteiger partial charge in [0, 0.05) is 53.9 Å². The topological polar surface area (TPSA) is 93.2 Å².